The molecule has 64 valence electrons. The van der Waals surface area contributed by atoms with Gasteiger partial charge in [-0.2, -0.15) is 0 Å². The monoisotopic (exact) mass is 180 g/mol. The number of aryl methyl sites for hydroxylation is 2. The molecule has 1 aromatic carbocycles. The van der Waals surface area contributed by atoms with E-state index in [0.717, 1.165) is 16.1 Å². The average molecular weight is 181 g/mol. The van der Waals surface area contributed by atoms with Gasteiger partial charge in [0.2, 0.25) is 0 Å². The maximum atomic E-state index is 6.13. The predicted octanol–water partition coefficient (Wildman–Crippen LogP) is 3.99. The summed E-state index contributed by atoms with van der Waals surface area (Å²) < 4.78 is 0. The summed E-state index contributed by atoms with van der Waals surface area (Å²) in [5.74, 6) is 0. The second-order valence-electron chi connectivity index (χ2n) is 2.93. The average Bonchev–Trinajstić information content (AvgIpc) is 2.06. The molecule has 0 fully saturated rings. The molecule has 0 atom stereocenters. The van der Waals surface area contributed by atoms with E-state index in [2.05, 4.69) is 13.0 Å². The summed E-state index contributed by atoms with van der Waals surface area (Å²) in [4.78, 5) is 0. The Kier molecular flexibility index (Phi) is 2.93. The molecule has 0 N–H and O–H groups in total. The fraction of sp³-hybridized carbons (Fsp3) is 0.273. The van der Waals surface area contributed by atoms with E-state index in [0.29, 0.717) is 0 Å². The van der Waals surface area contributed by atoms with Crippen molar-refractivity contribution in [1.29, 1.82) is 0 Å². The number of hydrogen-bond donors (Lipinski definition) is 0. The summed E-state index contributed by atoms with van der Waals surface area (Å²) in [5.41, 5.74) is 3.50. The molecule has 0 heterocycles. The van der Waals surface area contributed by atoms with Crippen LogP contribution in [0.3, 0.4) is 0 Å². The lowest BCUT2D eigenvalue weighted by atomic mass is 10.1. The normalized spacial score (nSPS) is 11.0. The van der Waals surface area contributed by atoms with Crippen molar-refractivity contribution in [2.45, 2.75) is 20.8 Å². The molecule has 0 unspecified atom stereocenters. The highest BCUT2D eigenvalue weighted by atomic mass is 35.5. The SMILES string of the molecule is C/C=C\c1c(C)ccc(C)c1Cl. The van der Waals surface area contributed by atoms with E-state index in [-0.39, 0.29) is 0 Å². The van der Waals surface area contributed by atoms with Gasteiger partial charge in [-0.1, -0.05) is 35.9 Å². The van der Waals surface area contributed by atoms with Crippen molar-refractivity contribution in [3.05, 3.63) is 39.9 Å². The van der Waals surface area contributed by atoms with E-state index < -0.39 is 0 Å². The van der Waals surface area contributed by atoms with Crippen molar-refractivity contribution in [3.8, 4) is 0 Å². The van der Waals surface area contributed by atoms with Gasteiger partial charge in [0.05, 0.1) is 5.02 Å². The van der Waals surface area contributed by atoms with E-state index in [4.69, 9.17) is 11.6 Å². The Hall–Kier alpha value is -0.750. The van der Waals surface area contributed by atoms with Crippen molar-refractivity contribution in [1.82, 2.24) is 0 Å². The third-order valence-corrected chi connectivity index (χ3v) is 2.43. The molecule has 0 aromatic heterocycles. The molecule has 0 saturated heterocycles. The molecule has 0 radical (unpaired) electrons. The van der Waals surface area contributed by atoms with Gasteiger partial charge < -0.3 is 0 Å². The van der Waals surface area contributed by atoms with Crippen molar-refractivity contribution in [3.63, 3.8) is 0 Å². The van der Waals surface area contributed by atoms with Crippen LogP contribution in [0.4, 0.5) is 0 Å². The number of rotatable bonds is 1. The van der Waals surface area contributed by atoms with Gasteiger partial charge in [-0.25, -0.2) is 0 Å². The number of allylic oxidation sites excluding steroid dienone is 1. The molecule has 1 rings (SSSR count). The minimum Gasteiger partial charge on any atom is -0.0870 e. The summed E-state index contributed by atoms with van der Waals surface area (Å²) >= 11 is 6.13. The van der Waals surface area contributed by atoms with Crippen LogP contribution in [0.2, 0.25) is 5.02 Å². The first-order valence-corrected chi connectivity index (χ1v) is 4.43. The van der Waals surface area contributed by atoms with Gasteiger partial charge >= 0.3 is 0 Å². The summed E-state index contributed by atoms with van der Waals surface area (Å²) in [5, 5.41) is 0.869. The maximum Gasteiger partial charge on any atom is 0.0510 e. The van der Waals surface area contributed by atoms with E-state index in [1.807, 2.05) is 32.1 Å². The molecule has 0 aliphatic rings. The van der Waals surface area contributed by atoms with E-state index in [1.165, 1.54) is 5.56 Å². The third kappa shape index (κ3) is 1.70. The number of halogens is 1. The Morgan fingerprint density at radius 3 is 2.33 bits per heavy atom. The third-order valence-electron chi connectivity index (χ3n) is 1.92. The van der Waals surface area contributed by atoms with Crippen LogP contribution in [-0.4, -0.2) is 0 Å². The van der Waals surface area contributed by atoms with Crippen LogP contribution >= 0.6 is 11.6 Å². The molecule has 0 amide bonds. The molecule has 1 heteroatoms. The molecule has 0 aliphatic carbocycles. The van der Waals surface area contributed by atoms with E-state index >= 15 is 0 Å². The molecule has 0 spiro atoms. The summed E-state index contributed by atoms with van der Waals surface area (Å²) in [7, 11) is 0. The van der Waals surface area contributed by atoms with Crippen LogP contribution in [0.1, 0.15) is 23.6 Å². The first-order valence-electron chi connectivity index (χ1n) is 4.05. The predicted molar refractivity (Wildman–Crippen MR) is 55.6 cm³/mol. The van der Waals surface area contributed by atoms with Crippen LogP contribution in [0.15, 0.2) is 18.2 Å². The highest BCUT2D eigenvalue weighted by Crippen LogP contribution is 2.24. The Bertz CT molecular complexity index is 311. The standard InChI is InChI=1S/C11H13Cl/c1-4-5-10-8(2)6-7-9(3)11(10)12/h4-7H,1-3H3/b5-4-. The summed E-state index contributed by atoms with van der Waals surface area (Å²) in [6.07, 6.45) is 4.05. The van der Waals surface area contributed by atoms with Crippen LogP contribution in [-0.2, 0) is 0 Å². The molecule has 0 bridgehead atoms. The smallest absolute Gasteiger partial charge is 0.0510 e. The Morgan fingerprint density at radius 1 is 1.17 bits per heavy atom. The van der Waals surface area contributed by atoms with Gasteiger partial charge in [0, 0.05) is 0 Å². The molecule has 0 aliphatic heterocycles. The number of hydrogen-bond acceptors (Lipinski definition) is 0. The topological polar surface area (TPSA) is 0 Å². The molecular formula is C11H13Cl. The van der Waals surface area contributed by atoms with Crippen molar-refractivity contribution < 1.29 is 0 Å². The van der Waals surface area contributed by atoms with Gasteiger partial charge in [0.15, 0.2) is 0 Å². The zero-order valence-electron chi connectivity index (χ0n) is 7.69. The van der Waals surface area contributed by atoms with E-state index in [9.17, 15) is 0 Å². The van der Waals surface area contributed by atoms with Gasteiger partial charge in [-0.05, 0) is 37.5 Å². The number of benzene rings is 1. The summed E-state index contributed by atoms with van der Waals surface area (Å²) in [6, 6.07) is 4.14. The Balaban J connectivity index is 3.32. The Morgan fingerprint density at radius 2 is 1.75 bits per heavy atom. The van der Waals surface area contributed by atoms with Crippen LogP contribution in [0, 0.1) is 13.8 Å². The fourth-order valence-corrected chi connectivity index (χ4v) is 1.44. The first kappa shape index (κ1) is 9.34. The van der Waals surface area contributed by atoms with Crippen LogP contribution in [0.25, 0.3) is 6.08 Å². The summed E-state index contributed by atoms with van der Waals surface area (Å²) in [6.45, 7) is 6.09. The fourth-order valence-electron chi connectivity index (χ4n) is 1.17. The zero-order valence-corrected chi connectivity index (χ0v) is 8.44. The van der Waals surface area contributed by atoms with Crippen molar-refractivity contribution in [2.75, 3.05) is 0 Å². The molecule has 0 saturated carbocycles. The second-order valence-corrected chi connectivity index (χ2v) is 3.30. The Labute approximate surface area is 78.9 Å². The highest BCUT2D eigenvalue weighted by molar-refractivity contribution is 6.32. The van der Waals surface area contributed by atoms with Gasteiger partial charge in [0.25, 0.3) is 0 Å². The van der Waals surface area contributed by atoms with Gasteiger partial charge in [-0.3, -0.25) is 0 Å². The van der Waals surface area contributed by atoms with Gasteiger partial charge in [-0.15, -0.1) is 0 Å². The molecule has 1 aromatic rings. The first-order chi connectivity index (χ1) is 5.66. The quantitative estimate of drug-likeness (QED) is 0.613. The maximum absolute atomic E-state index is 6.13. The largest absolute Gasteiger partial charge is 0.0870 e. The van der Waals surface area contributed by atoms with Crippen LogP contribution < -0.4 is 0 Å². The molecule has 0 nitrogen and oxygen atoms in total. The highest BCUT2D eigenvalue weighted by Gasteiger charge is 2.02. The van der Waals surface area contributed by atoms with Crippen molar-refractivity contribution >= 4 is 17.7 Å². The zero-order chi connectivity index (χ0) is 9.14. The van der Waals surface area contributed by atoms with E-state index in [1.54, 1.807) is 0 Å². The van der Waals surface area contributed by atoms with Gasteiger partial charge in [0.1, 0.15) is 0 Å². The second kappa shape index (κ2) is 3.77. The molecular weight excluding hydrogens is 168 g/mol. The van der Waals surface area contributed by atoms with Crippen molar-refractivity contribution in [2.24, 2.45) is 0 Å². The molecule has 12 heavy (non-hydrogen) atoms. The van der Waals surface area contributed by atoms with Crippen LogP contribution in [0.5, 0.6) is 0 Å². The lowest BCUT2D eigenvalue weighted by Gasteiger charge is -2.05. The lowest BCUT2D eigenvalue weighted by molar-refractivity contribution is 1.37. The minimum absolute atomic E-state index is 0.869. The lowest BCUT2D eigenvalue weighted by Crippen LogP contribution is -1.85. The minimum atomic E-state index is 0.869.